The van der Waals surface area contributed by atoms with Crippen LogP contribution in [-0.4, -0.2) is 83.8 Å². The number of piperazine rings is 1. The molecule has 2 aromatic heterocycles. The molecule has 176 valence electrons. The van der Waals surface area contributed by atoms with Gasteiger partial charge in [-0.15, -0.1) is 0 Å². The molecule has 9 nitrogen and oxygen atoms in total. The number of benzene rings is 1. The Morgan fingerprint density at radius 3 is 2.56 bits per heavy atom. The summed E-state index contributed by atoms with van der Waals surface area (Å²) in [6.45, 7) is 5.67. The predicted molar refractivity (Wildman–Crippen MR) is 127 cm³/mol. The molecule has 0 spiro atoms. The van der Waals surface area contributed by atoms with Crippen LogP contribution in [0.3, 0.4) is 0 Å². The largest absolute Gasteiger partial charge is 0.454 e. The second-order valence-corrected chi connectivity index (χ2v) is 9.24. The van der Waals surface area contributed by atoms with Gasteiger partial charge in [0.15, 0.2) is 11.5 Å². The van der Waals surface area contributed by atoms with Gasteiger partial charge >= 0.3 is 0 Å². The second kappa shape index (κ2) is 8.72. The van der Waals surface area contributed by atoms with E-state index in [1.54, 1.807) is 18.5 Å². The van der Waals surface area contributed by atoms with Gasteiger partial charge in [0, 0.05) is 50.7 Å². The maximum atomic E-state index is 13.0. The molecular formula is C25H28N6O3. The molecule has 3 aromatic rings. The minimum atomic E-state index is 0.0271. The number of hydrogen-bond acceptors (Lipinski definition) is 8. The first kappa shape index (κ1) is 21.1. The monoisotopic (exact) mass is 460 g/mol. The van der Waals surface area contributed by atoms with E-state index in [0.717, 1.165) is 61.4 Å². The lowest BCUT2D eigenvalue weighted by Gasteiger charge is -2.34. The number of ether oxygens (including phenoxy) is 2. The summed E-state index contributed by atoms with van der Waals surface area (Å²) in [4.78, 5) is 33.6. The maximum absolute atomic E-state index is 13.0. The lowest BCUT2D eigenvalue weighted by molar-refractivity contribution is 0.0712. The molecule has 2 saturated heterocycles. The summed E-state index contributed by atoms with van der Waals surface area (Å²) in [6.07, 6.45) is 5.31. The van der Waals surface area contributed by atoms with Crippen molar-refractivity contribution in [1.29, 1.82) is 0 Å². The minimum Gasteiger partial charge on any atom is -0.454 e. The molecule has 2 fully saturated rings. The van der Waals surface area contributed by atoms with Crippen LogP contribution in [0.4, 0.5) is 5.69 Å². The van der Waals surface area contributed by atoms with Crippen molar-refractivity contribution in [3.8, 4) is 11.5 Å². The first-order chi connectivity index (χ1) is 16.7. The van der Waals surface area contributed by atoms with Gasteiger partial charge in [-0.25, -0.2) is 9.97 Å². The van der Waals surface area contributed by atoms with Crippen molar-refractivity contribution < 1.29 is 14.3 Å². The molecule has 34 heavy (non-hydrogen) atoms. The molecule has 0 bridgehead atoms. The highest BCUT2D eigenvalue weighted by atomic mass is 16.7. The van der Waals surface area contributed by atoms with Gasteiger partial charge in [0.25, 0.3) is 5.91 Å². The molecule has 0 aliphatic carbocycles. The minimum absolute atomic E-state index is 0.0271. The summed E-state index contributed by atoms with van der Waals surface area (Å²) in [5.41, 5.74) is 4.51. The van der Waals surface area contributed by atoms with E-state index in [1.165, 1.54) is 0 Å². The van der Waals surface area contributed by atoms with Gasteiger partial charge in [-0.3, -0.25) is 9.78 Å². The summed E-state index contributed by atoms with van der Waals surface area (Å²) >= 11 is 0. The zero-order valence-corrected chi connectivity index (χ0v) is 19.3. The topological polar surface area (TPSA) is 83.9 Å². The lowest BCUT2D eigenvalue weighted by Crippen LogP contribution is -2.44. The van der Waals surface area contributed by atoms with Crippen molar-refractivity contribution in [1.82, 2.24) is 24.8 Å². The average molecular weight is 461 g/mol. The summed E-state index contributed by atoms with van der Waals surface area (Å²) in [7, 11) is 2.16. The number of likely N-dealkylation sites (N-methyl/N-ethyl adjacent to an activating group) is 1. The van der Waals surface area contributed by atoms with Gasteiger partial charge < -0.3 is 24.2 Å². The van der Waals surface area contributed by atoms with Crippen LogP contribution in [0, 0.1) is 0 Å². The van der Waals surface area contributed by atoms with E-state index in [1.807, 2.05) is 17.2 Å². The number of pyridine rings is 1. The molecule has 6 rings (SSSR count). The highest BCUT2D eigenvalue weighted by Gasteiger charge is 2.28. The first-order valence-electron chi connectivity index (χ1n) is 11.9. The van der Waals surface area contributed by atoms with Crippen molar-refractivity contribution >= 4 is 22.6 Å². The summed E-state index contributed by atoms with van der Waals surface area (Å²) in [5, 5.41) is 0. The highest BCUT2D eigenvalue weighted by Crippen LogP contribution is 2.34. The van der Waals surface area contributed by atoms with Gasteiger partial charge in [-0.2, -0.15) is 0 Å². The molecule has 5 heterocycles. The number of hydrogen-bond donors (Lipinski definition) is 0. The molecule has 3 aliphatic heterocycles. The van der Waals surface area contributed by atoms with Crippen LogP contribution < -0.4 is 14.4 Å². The first-order valence-corrected chi connectivity index (χ1v) is 11.9. The molecule has 0 N–H and O–H groups in total. The number of anilines is 1. The Kier molecular flexibility index (Phi) is 5.41. The van der Waals surface area contributed by atoms with Gasteiger partial charge in [-0.1, -0.05) is 0 Å². The van der Waals surface area contributed by atoms with E-state index >= 15 is 0 Å². The Hall–Kier alpha value is -3.46. The smallest absolute Gasteiger partial charge is 0.253 e. The van der Waals surface area contributed by atoms with Crippen molar-refractivity contribution in [3.05, 3.63) is 48.0 Å². The fraction of sp³-hybridized carbons (Fsp3) is 0.440. The van der Waals surface area contributed by atoms with Crippen LogP contribution in [0.15, 0.2) is 36.8 Å². The third-order valence-corrected chi connectivity index (χ3v) is 7.15. The van der Waals surface area contributed by atoms with Crippen LogP contribution in [0.5, 0.6) is 11.5 Å². The number of carbonyl (C=O) groups is 1. The number of fused-ring (bicyclic) bond motifs is 2. The fourth-order valence-corrected chi connectivity index (χ4v) is 5.06. The molecular weight excluding hydrogens is 432 g/mol. The van der Waals surface area contributed by atoms with Crippen LogP contribution >= 0.6 is 0 Å². The van der Waals surface area contributed by atoms with Crippen LogP contribution in [0.2, 0.25) is 0 Å². The molecule has 0 atom stereocenters. The Morgan fingerprint density at radius 2 is 1.74 bits per heavy atom. The highest BCUT2D eigenvalue weighted by molar-refractivity contribution is 5.95. The summed E-state index contributed by atoms with van der Waals surface area (Å²) in [5.74, 6) is 1.61. The predicted octanol–water partition coefficient (Wildman–Crippen LogP) is 2.53. The molecule has 1 amide bonds. The normalized spacial score (nSPS) is 19.1. The van der Waals surface area contributed by atoms with Crippen molar-refractivity contribution in [3.63, 3.8) is 0 Å². The third-order valence-electron chi connectivity index (χ3n) is 7.15. The van der Waals surface area contributed by atoms with Gasteiger partial charge in [0.1, 0.15) is 11.8 Å². The van der Waals surface area contributed by atoms with Gasteiger partial charge in [0.05, 0.1) is 23.1 Å². The van der Waals surface area contributed by atoms with Crippen LogP contribution in [0.1, 0.15) is 34.8 Å². The van der Waals surface area contributed by atoms with E-state index in [0.29, 0.717) is 30.2 Å². The zero-order chi connectivity index (χ0) is 23.1. The number of rotatable bonds is 3. The lowest BCUT2D eigenvalue weighted by atomic mass is 9.92. The van der Waals surface area contributed by atoms with Crippen LogP contribution in [0.25, 0.3) is 11.0 Å². The Morgan fingerprint density at radius 1 is 0.941 bits per heavy atom. The van der Waals surface area contributed by atoms with E-state index < -0.39 is 0 Å². The quantitative estimate of drug-likeness (QED) is 0.590. The van der Waals surface area contributed by atoms with Crippen molar-refractivity contribution in [2.24, 2.45) is 0 Å². The number of piperidine rings is 1. The molecule has 0 saturated carbocycles. The molecule has 1 aromatic carbocycles. The van der Waals surface area contributed by atoms with Crippen molar-refractivity contribution in [2.45, 2.75) is 18.8 Å². The Labute approximate surface area is 198 Å². The molecule has 0 radical (unpaired) electrons. The average Bonchev–Trinajstić information content (AvgIpc) is 3.36. The molecule has 3 aliphatic rings. The number of nitrogens with zero attached hydrogens (tertiary/aromatic N) is 6. The zero-order valence-electron chi connectivity index (χ0n) is 19.3. The summed E-state index contributed by atoms with van der Waals surface area (Å²) < 4.78 is 10.8. The number of carbonyl (C=O) groups excluding carboxylic acids is 1. The molecule has 9 heteroatoms. The van der Waals surface area contributed by atoms with Gasteiger partial charge in [0.2, 0.25) is 6.79 Å². The van der Waals surface area contributed by atoms with Gasteiger partial charge in [-0.05, 0) is 44.2 Å². The van der Waals surface area contributed by atoms with Crippen LogP contribution in [-0.2, 0) is 0 Å². The van der Waals surface area contributed by atoms with E-state index in [2.05, 4.69) is 32.9 Å². The Balaban J connectivity index is 1.16. The fourth-order valence-electron chi connectivity index (χ4n) is 5.06. The number of likely N-dealkylation sites (tertiary alicyclic amines) is 1. The summed E-state index contributed by atoms with van der Waals surface area (Å²) in [6, 6.07) is 7.52. The maximum Gasteiger partial charge on any atom is 0.253 e. The number of amides is 1. The standard InChI is InChI=1S/C25H28N6O3/c1-29-8-10-30(11-9-29)19-13-20-24(26-14-19)23(28-15-27-20)17-4-6-31(7-5-17)25(32)18-2-3-21-22(12-18)34-16-33-21/h2-3,12-15,17H,4-11,16H2,1H3. The number of aromatic nitrogens is 3. The van der Waals surface area contributed by atoms with E-state index in [4.69, 9.17) is 14.5 Å². The van der Waals surface area contributed by atoms with E-state index in [9.17, 15) is 4.79 Å². The molecule has 0 unspecified atom stereocenters. The van der Waals surface area contributed by atoms with Crippen molar-refractivity contribution in [2.75, 3.05) is 58.0 Å². The SMILES string of the molecule is CN1CCN(c2cnc3c(C4CCN(C(=O)c5ccc6c(c5)OCO6)CC4)ncnc3c2)CC1. The third kappa shape index (κ3) is 3.90. The second-order valence-electron chi connectivity index (χ2n) is 9.24. The Bertz CT molecular complexity index is 1220. The van der Waals surface area contributed by atoms with E-state index in [-0.39, 0.29) is 18.6 Å².